The molecule has 0 fully saturated rings. The SMILES string of the molecule is COc1ccc(C(=O)c2nnc(-c3c[nH]c4ccc(OC)cc34)o2)cc1. The lowest BCUT2D eigenvalue weighted by molar-refractivity contribution is 0.100. The van der Waals surface area contributed by atoms with Crippen LogP contribution < -0.4 is 9.47 Å². The molecule has 0 aliphatic heterocycles. The molecule has 1 N–H and O–H groups in total. The molecule has 130 valence electrons. The summed E-state index contributed by atoms with van der Waals surface area (Å²) in [5, 5.41) is 8.79. The molecule has 0 saturated heterocycles. The number of nitrogens with zero attached hydrogens (tertiary/aromatic N) is 2. The zero-order valence-corrected chi connectivity index (χ0v) is 14.1. The first-order valence-electron chi connectivity index (χ1n) is 7.87. The third kappa shape index (κ3) is 2.69. The number of methoxy groups -OCH3 is 2. The van der Waals surface area contributed by atoms with Crippen LogP contribution in [-0.4, -0.2) is 35.2 Å². The van der Waals surface area contributed by atoms with Crippen molar-refractivity contribution in [3.63, 3.8) is 0 Å². The highest BCUT2D eigenvalue weighted by atomic mass is 16.5. The molecule has 0 radical (unpaired) electrons. The van der Waals surface area contributed by atoms with Gasteiger partial charge in [0.05, 0.1) is 19.8 Å². The number of ketones is 1. The molecule has 7 heteroatoms. The molecule has 0 atom stereocenters. The number of carbonyl (C=O) groups is 1. The zero-order chi connectivity index (χ0) is 18.1. The molecule has 0 saturated carbocycles. The summed E-state index contributed by atoms with van der Waals surface area (Å²) in [5.74, 6) is 1.24. The van der Waals surface area contributed by atoms with Gasteiger partial charge < -0.3 is 18.9 Å². The molecule has 0 aliphatic rings. The number of carbonyl (C=O) groups excluding carboxylic acids is 1. The number of ether oxygens (including phenoxy) is 2. The van der Waals surface area contributed by atoms with E-state index < -0.39 is 0 Å². The molecular weight excluding hydrogens is 334 g/mol. The second-order valence-corrected chi connectivity index (χ2v) is 5.58. The Hall–Kier alpha value is -3.61. The Morgan fingerprint density at radius 3 is 2.46 bits per heavy atom. The number of nitrogens with one attached hydrogen (secondary N) is 1. The molecule has 0 bridgehead atoms. The lowest BCUT2D eigenvalue weighted by Gasteiger charge is -2.00. The van der Waals surface area contributed by atoms with E-state index in [1.807, 2.05) is 18.2 Å². The molecule has 0 spiro atoms. The van der Waals surface area contributed by atoms with E-state index in [0.29, 0.717) is 22.6 Å². The standard InChI is InChI=1S/C19H15N3O4/c1-24-12-5-3-11(4-6-12)17(23)19-22-21-18(26-19)15-10-20-16-8-7-13(25-2)9-14(15)16/h3-10,20H,1-2H3. The Morgan fingerprint density at radius 1 is 1.00 bits per heavy atom. The molecule has 26 heavy (non-hydrogen) atoms. The van der Waals surface area contributed by atoms with Crippen molar-refractivity contribution in [3.05, 3.63) is 60.1 Å². The largest absolute Gasteiger partial charge is 0.497 e. The lowest BCUT2D eigenvalue weighted by atomic mass is 10.1. The van der Waals surface area contributed by atoms with Crippen LogP contribution in [0.4, 0.5) is 0 Å². The number of rotatable bonds is 5. The van der Waals surface area contributed by atoms with Crippen molar-refractivity contribution in [1.29, 1.82) is 0 Å². The highest BCUT2D eigenvalue weighted by Crippen LogP contribution is 2.30. The number of hydrogen-bond acceptors (Lipinski definition) is 6. The Labute approximate surface area is 148 Å². The highest BCUT2D eigenvalue weighted by Gasteiger charge is 2.19. The summed E-state index contributed by atoms with van der Waals surface area (Å²) in [6.45, 7) is 0. The molecule has 0 unspecified atom stereocenters. The number of benzene rings is 2. The number of fused-ring (bicyclic) bond motifs is 1. The summed E-state index contributed by atoms with van der Waals surface area (Å²) in [5.41, 5.74) is 2.06. The molecule has 7 nitrogen and oxygen atoms in total. The van der Waals surface area contributed by atoms with Gasteiger partial charge in [-0.15, -0.1) is 10.2 Å². The summed E-state index contributed by atoms with van der Waals surface area (Å²) in [7, 11) is 3.17. The Morgan fingerprint density at radius 2 is 1.73 bits per heavy atom. The van der Waals surface area contributed by atoms with Gasteiger partial charge in [-0.25, -0.2) is 0 Å². The Balaban J connectivity index is 1.68. The Bertz CT molecular complexity index is 1080. The molecule has 2 aromatic heterocycles. The maximum atomic E-state index is 12.5. The molecular formula is C19H15N3O4. The van der Waals surface area contributed by atoms with Gasteiger partial charge in [0.2, 0.25) is 11.7 Å². The molecule has 4 aromatic rings. The van der Waals surface area contributed by atoms with Gasteiger partial charge in [-0.3, -0.25) is 4.79 Å². The van der Waals surface area contributed by atoms with Crippen molar-refractivity contribution in [2.75, 3.05) is 14.2 Å². The third-order valence-electron chi connectivity index (χ3n) is 4.09. The van der Waals surface area contributed by atoms with Crippen LogP contribution >= 0.6 is 0 Å². The molecule has 2 aromatic carbocycles. The van der Waals surface area contributed by atoms with Crippen LogP contribution in [0.1, 0.15) is 16.2 Å². The number of hydrogen-bond donors (Lipinski definition) is 1. The van der Waals surface area contributed by atoms with E-state index in [-0.39, 0.29) is 17.6 Å². The van der Waals surface area contributed by atoms with Gasteiger partial charge in [0.1, 0.15) is 11.5 Å². The number of H-pyrrole nitrogens is 1. The Kier molecular flexibility index (Phi) is 3.89. The first-order chi connectivity index (χ1) is 12.7. The second-order valence-electron chi connectivity index (χ2n) is 5.58. The van der Waals surface area contributed by atoms with E-state index >= 15 is 0 Å². The fourth-order valence-corrected chi connectivity index (χ4v) is 2.69. The van der Waals surface area contributed by atoms with Crippen LogP contribution in [0.25, 0.3) is 22.4 Å². The average Bonchev–Trinajstić information content (AvgIpc) is 3.33. The van der Waals surface area contributed by atoms with Crippen molar-refractivity contribution < 1.29 is 18.7 Å². The van der Waals surface area contributed by atoms with Crippen LogP contribution in [0.2, 0.25) is 0 Å². The van der Waals surface area contributed by atoms with Crippen LogP contribution in [0.15, 0.2) is 53.1 Å². The predicted octanol–water partition coefficient (Wildman–Crippen LogP) is 3.47. The minimum Gasteiger partial charge on any atom is -0.497 e. The molecule has 4 rings (SSSR count). The van der Waals surface area contributed by atoms with Gasteiger partial charge in [0.15, 0.2) is 0 Å². The molecule has 2 heterocycles. The van der Waals surface area contributed by atoms with Crippen LogP contribution in [-0.2, 0) is 0 Å². The van der Waals surface area contributed by atoms with Crippen molar-refractivity contribution in [1.82, 2.24) is 15.2 Å². The number of aromatic nitrogens is 3. The van der Waals surface area contributed by atoms with Gasteiger partial charge >= 0.3 is 0 Å². The van der Waals surface area contributed by atoms with Gasteiger partial charge in [-0.05, 0) is 42.5 Å². The monoisotopic (exact) mass is 349 g/mol. The maximum Gasteiger partial charge on any atom is 0.289 e. The van der Waals surface area contributed by atoms with E-state index in [9.17, 15) is 4.79 Å². The number of aromatic amines is 1. The topological polar surface area (TPSA) is 90.2 Å². The summed E-state index contributed by atoms with van der Waals surface area (Å²) < 4.78 is 16.0. The van der Waals surface area contributed by atoms with E-state index in [1.165, 1.54) is 0 Å². The predicted molar refractivity (Wildman–Crippen MR) is 94.6 cm³/mol. The van der Waals surface area contributed by atoms with Crippen molar-refractivity contribution in [3.8, 4) is 23.0 Å². The van der Waals surface area contributed by atoms with Crippen LogP contribution in [0.3, 0.4) is 0 Å². The zero-order valence-electron chi connectivity index (χ0n) is 14.1. The average molecular weight is 349 g/mol. The molecule has 0 aliphatic carbocycles. The second kappa shape index (κ2) is 6.36. The van der Waals surface area contributed by atoms with Gasteiger partial charge in [0.25, 0.3) is 5.89 Å². The van der Waals surface area contributed by atoms with Gasteiger partial charge in [-0.2, -0.15) is 0 Å². The quantitative estimate of drug-likeness (QED) is 0.555. The fourth-order valence-electron chi connectivity index (χ4n) is 2.69. The van der Waals surface area contributed by atoms with E-state index in [1.54, 1.807) is 44.7 Å². The minimum absolute atomic E-state index is 0.0672. The lowest BCUT2D eigenvalue weighted by Crippen LogP contribution is -2.01. The normalized spacial score (nSPS) is 10.8. The fraction of sp³-hybridized carbons (Fsp3) is 0.105. The minimum atomic E-state index is -0.344. The highest BCUT2D eigenvalue weighted by molar-refractivity contribution is 6.06. The first-order valence-corrected chi connectivity index (χ1v) is 7.87. The van der Waals surface area contributed by atoms with Crippen molar-refractivity contribution >= 4 is 16.7 Å². The van der Waals surface area contributed by atoms with E-state index in [0.717, 1.165) is 10.9 Å². The summed E-state index contributed by atoms with van der Waals surface area (Å²) in [4.78, 5) is 15.7. The van der Waals surface area contributed by atoms with Crippen LogP contribution in [0.5, 0.6) is 11.5 Å². The summed E-state index contributed by atoms with van der Waals surface area (Å²) >= 11 is 0. The van der Waals surface area contributed by atoms with Gasteiger partial charge in [-0.1, -0.05) is 0 Å². The smallest absolute Gasteiger partial charge is 0.289 e. The molecule has 0 amide bonds. The third-order valence-corrected chi connectivity index (χ3v) is 4.09. The summed E-state index contributed by atoms with van der Waals surface area (Å²) in [6, 6.07) is 12.3. The van der Waals surface area contributed by atoms with E-state index in [4.69, 9.17) is 13.9 Å². The summed E-state index contributed by atoms with van der Waals surface area (Å²) in [6.07, 6.45) is 1.76. The van der Waals surface area contributed by atoms with Crippen molar-refractivity contribution in [2.45, 2.75) is 0 Å². The maximum absolute atomic E-state index is 12.5. The van der Waals surface area contributed by atoms with Gasteiger partial charge in [0, 0.05) is 22.7 Å². The first kappa shape index (κ1) is 15.9. The van der Waals surface area contributed by atoms with E-state index in [2.05, 4.69) is 15.2 Å². The van der Waals surface area contributed by atoms with Crippen molar-refractivity contribution in [2.24, 2.45) is 0 Å². The van der Waals surface area contributed by atoms with Crippen LogP contribution in [0, 0.1) is 0 Å².